The Labute approximate surface area is 162 Å². The minimum Gasteiger partial charge on any atom is -0.353 e. The molecule has 0 N–H and O–H groups in total. The predicted molar refractivity (Wildman–Crippen MR) is 104 cm³/mol. The summed E-state index contributed by atoms with van der Waals surface area (Å²) in [5.74, 6) is 0.000538. The summed E-state index contributed by atoms with van der Waals surface area (Å²) < 4.78 is 0. The molecular formula is C20H21N5O3. The maximum atomic E-state index is 12.6. The summed E-state index contributed by atoms with van der Waals surface area (Å²) in [7, 11) is 0. The Hall–Kier alpha value is -3.29. The van der Waals surface area contributed by atoms with E-state index in [0.29, 0.717) is 31.9 Å². The lowest BCUT2D eigenvalue weighted by molar-refractivity contribution is -0.133. The van der Waals surface area contributed by atoms with Gasteiger partial charge in [0, 0.05) is 45.3 Å². The first-order valence-electron chi connectivity index (χ1n) is 9.36. The molecule has 3 aliphatic rings. The average Bonchev–Trinajstić information content (AvgIpc) is 2.74. The molecule has 8 nitrogen and oxygen atoms in total. The molecular weight excluding hydrogens is 358 g/mol. The van der Waals surface area contributed by atoms with E-state index in [0.717, 1.165) is 10.7 Å². The number of carbonyl (C=O) groups excluding carboxylic acids is 3. The Kier molecular flexibility index (Phi) is 5.01. The number of pyridine rings is 1. The highest BCUT2D eigenvalue weighted by atomic mass is 16.2. The summed E-state index contributed by atoms with van der Waals surface area (Å²) in [6.07, 6.45) is 8.77. The number of aromatic nitrogens is 1. The molecule has 1 atom stereocenters. The van der Waals surface area contributed by atoms with Gasteiger partial charge in [0.1, 0.15) is 5.82 Å². The van der Waals surface area contributed by atoms with Crippen molar-refractivity contribution in [2.24, 2.45) is 10.9 Å². The third kappa shape index (κ3) is 3.58. The van der Waals surface area contributed by atoms with Gasteiger partial charge >= 0.3 is 6.03 Å². The zero-order valence-corrected chi connectivity index (χ0v) is 15.4. The van der Waals surface area contributed by atoms with Crippen LogP contribution in [0.4, 0.5) is 10.6 Å². The number of fused-ring (bicyclic) bond motifs is 1. The van der Waals surface area contributed by atoms with Crippen molar-refractivity contribution in [3.8, 4) is 0 Å². The second-order valence-corrected chi connectivity index (χ2v) is 6.84. The van der Waals surface area contributed by atoms with Gasteiger partial charge in [0.2, 0.25) is 11.8 Å². The van der Waals surface area contributed by atoms with Crippen LogP contribution in [-0.4, -0.2) is 71.1 Å². The van der Waals surface area contributed by atoms with E-state index in [-0.39, 0.29) is 24.8 Å². The molecule has 4 rings (SSSR count). The Bertz CT molecular complexity index is 869. The van der Waals surface area contributed by atoms with Gasteiger partial charge in [-0.25, -0.2) is 9.78 Å². The SMILES string of the molecule is O=C(CCN1C(=O)N=C2C=CC=CC2C1=O)N1CCN(c2ccccn2)CC1. The number of amides is 4. The number of urea groups is 1. The van der Waals surface area contributed by atoms with Crippen LogP contribution in [0.5, 0.6) is 0 Å². The van der Waals surface area contributed by atoms with Gasteiger partial charge in [-0.05, 0) is 18.2 Å². The first kappa shape index (κ1) is 18.1. The molecule has 8 heteroatoms. The van der Waals surface area contributed by atoms with Crippen molar-refractivity contribution in [3.05, 3.63) is 48.7 Å². The Balaban J connectivity index is 1.31. The number of carbonyl (C=O) groups is 3. The number of rotatable bonds is 4. The van der Waals surface area contributed by atoms with Crippen LogP contribution in [0.15, 0.2) is 53.7 Å². The summed E-state index contributed by atoms with van der Waals surface area (Å²) in [5.41, 5.74) is 0.464. The highest BCUT2D eigenvalue weighted by Gasteiger charge is 2.36. The number of hydrogen-bond donors (Lipinski definition) is 0. The van der Waals surface area contributed by atoms with Gasteiger partial charge in [-0.3, -0.25) is 14.5 Å². The van der Waals surface area contributed by atoms with E-state index in [4.69, 9.17) is 0 Å². The fourth-order valence-corrected chi connectivity index (χ4v) is 3.58. The van der Waals surface area contributed by atoms with Gasteiger partial charge < -0.3 is 9.80 Å². The molecule has 1 aromatic rings. The molecule has 0 aromatic carbocycles. The lowest BCUT2D eigenvalue weighted by Crippen LogP contribution is -2.50. The summed E-state index contributed by atoms with van der Waals surface area (Å²) >= 11 is 0. The summed E-state index contributed by atoms with van der Waals surface area (Å²) in [4.78, 5) is 50.6. The molecule has 1 saturated heterocycles. The maximum Gasteiger partial charge on any atom is 0.350 e. The fraction of sp³-hybridized carbons (Fsp3) is 0.350. The van der Waals surface area contributed by atoms with E-state index >= 15 is 0 Å². The van der Waals surface area contributed by atoms with Gasteiger partial charge in [0.15, 0.2) is 0 Å². The topological polar surface area (TPSA) is 86.2 Å². The highest BCUT2D eigenvalue weighted by molar-refractivity contribution is 6.21. The van der Waals surface area contributed by atoms with Gasteiger partial charge in [0.25, 0.3) is 0 Å². The van der Waals surface area contributed by atoms with Crippen LogP contribution in [0, 0.1) is 5.92 Å². The zero-order valence-electron chi connectivity index (χ0n) is 15.4. The van der Waals surface area contributed by atoms with Gasteiger partial charge in [-0.1, -0.05) is 24.3 Å². The van der Waals surface area contributed by atoms with Crippen molar-refractivity contribution in [2.45, 2.75) is 6.42 Å². The number of allylic oxidation sites excluding steroid dienone is 3. The number of anilines is 1. The molecule has 1 aliphatic carbocycles. The molecule has 0 saturated carbocycles. The second kappa shape index (κ2) is 7.75. The molecule has 2 aliphatic heterocycles. The largest absolute Gasteiger partial charge is 0.353 e. The third-order valence-corrected chi connectivity index (χ3v) is 5.14. The van der Waals surface area contributed by atoms with E-state index in [9.17, 15) is 14.4 Å². The second-order valence-electron chi connectivity index (χ2n) is 6.84. The van der Waals surface area contributed by atoms with Crippen LogP contribution in [0.1, 0.15) is 6.42 Å². The monoisotopic (exact) mass is 379 g/mol. The molecule has 1 unspecified atom stereocenters. The summed E-state index contributed by atoms with van der Waals surface area (Å²) in [6, 6.07) is 5.18. The van der Waals surface area contributed by atoms with Crippen LogP contribution in [0.2, 0.25) is 0 Å². The summed E-state index contributed by atoms with van der Waals surface area (Å²) in [5, 5.41) is 0. The Morgan fingerprint density at radius 2 is 1.93 bits per heavy atom. The highest BCUT2D eigenvalue weighted by Crippen LogP contribution is 2.20. The minimum atomic E-state index is -0.594. The minimum absolute atomic E-state index is 0.0573. The number of piperazine rings is 1. The van der Waals surface area contributed by atoms with Crippen molar-refractivity contribution >= 4 is 29.4 Å². The van der Waals surface area contributed by atoms with E-state index in [1.165, 1.54) is 0 Å². The fourth-order valence-electron chi connectivity index (χ4n) is 3.58. The van der Waals surface area contributed by atoms with E-state index in [1.807, 2.05) is 18.2 Å². The van der Waals surface area contributed by atoms with Crippen molar-refractivity contribution in [3.63, 3.8) is 0 Å². The Morgan fingerprint density at radius 1 is 1.11 bits per heavy atom. The van der Waals surface area contributed by atoms with Gasteiger partial charge in [0.05, 0.1) is 11.6 Å². The zero-order chi connectivity index (χ0) is 19.5. The standard InChI is InChI=1S/C20H21N5O3/c26-18(24-13-11-23(12-14-24)17-7-3-4-9-21-17)8-10-25-19(27)15-5-1-2-6-16(15)22-20(25)28/h1-7,9,15H,8,10-14H2. The van der Waals surface area contributed by atoms with E-state index in [1.54, 1.807) is 35.4 Å². The van der Waals surface area contributed by atoms with Crippen molar-refractivity contribution in [1.29, 1.82) is 0 Å². The molecule has 1 aromatic heterocycles. The smallest absolute Gasteiger partial charge is 0.350 e. The molecule has 0 spiro atoms. The first-order valence-corrected chi connectivity index (χ1v) is 9.36. The van der Waals surface area contributed by atoms with E-state index in [2.05, 4.69) is 14.9 Å². The number of hydrogen-bond acceptors (Lipinski definition) is 5. The quantitative estimate of drug-likeness (QED) is 0.786. The van der Waals surface area contributed by atoms with Crippen LogP contribution in [0.3, 0.4) is 0 Å². The molecule has 0 radical (unpaired) electrons. The van der Waals surface area contributed by atoms with Crippen molar-refractivity contribution < 1.29 is 14.4 Å². The van der Waals surface area contributed by atoms with Crippen LogP contribution in [-0.2, 0) is 9.59 Å². The molecule has 3 heterocycles. The third-order valence-electron chi connectivity index (χ3n) is 5.14. The average molecular weight is 379 g/mol. The van der Waals surface area contributed by atoms with Crippen molar-refractivity contribution in [2.75, 3.05) is 37.6 Å². The molecule has 28 heavy (non-hydrogen) atoms. The molecule has 144 valence electrons. The molecule has 4 amide bonds. The normalized spacial score (nSPS) is 21.6. The predicted octanol–water partition coefficient (Wildman–Crippen LogP) is 1.27. The van der Waals surface area contributed by atoms with Crippen LogP contribution < -0.4 is 4.90 Å². The van der Waals surface area contributed by atoms with Crippen molar-refractivity contribution in [1.82, 2.24) is 14.8 Å². The Morgan fingerprint density at radius 3 is 2.68 bits per heavy atom. The first-order chi connectivity index (χ1) is 13.6. The molecule has 0 bridgehead atoms. The lowest BCUT2D eigenvalue weighted by atomic mass is 9.95. The number of nitrogens with zero attached hydrogens (tertiary/aromatic N) is 5. The van der Waals surface area contributed by atoms with E-state index < -0.39 is 11.9 Å². The maximum absolute atomic E-state index is 12.6. The summed E-state index contributed by atoms with van der Waals surface area (Å²) in [6.45, 7) is 2.65. The van der Waals surface area contributed by atoms with Gasteiger partial charge in [-0.2, -0.15) is 4.99 Å². The van der Waals surface area contributed by atoms with Crippen LogP contribution >= 0.6 is 0 Å². The van der Waals surface area contributed by atoms with Gasteiger partial charge in [-0.15, -0.1) is 0 Å². The number of imide groups is 1. The molecule has 1 fully saturated rings. The van der Waals surface area contributed by atoms with Crippen LogP contribution in [0.25, 0.3) is 0 Å². The lowest BCUT2D eigenvalue weighted by Gasteiger charge is -2.36. The number of aliphatic imine (C=N–C) groups is 1.